The van der Waals surface area contributed by atoms with E-state index in [9.17, 15) is 5.11 Å². The number of nitrogens with zero attached hydrogens (tertiary/aromatic N) is 1. The molecular formula is C20H35NO. The third-order valence-electron chi connectivity index (χ3n) is 4.66. The molecule has 0 fully saturated rings. The number of hydrogen-bond acceptors (Lipinski definition) is 2. The van der Waals surface area contributed by atoms with Gasteiger partial charge in [-0.05, 0) is 32.5 Å². The molecule has 1 aromatic carbocycles. The third-order valence-corrected chi connectivity index (χ3v) is 4.66. The number of hydrogen-bond donors (Lipinski definition) is 1. The minimum Gasteiger partial charge on any atom is -0.387 e. The highest BCUT2D eigenvalue weighted by Gasteiger charge is 2.19. The van der Waals surface area contributed by atoms with Gasteiger partial charge in [-0.1, -0.05) is 82.2 Å². The molecule has 0 saturated heterocycles. The Labute approximate surface area is 137 Å². The summed E-state index contributed by atoms with van der Waals surface area (Å²) in [7, 11) is 2.12. The summed E-state index contributed by atoms with van der Waals surface area (Å²) in [6.07, 6.45) is 10.4. The van der Waals surface area contributed by atoms with Gasteiger partial charge in [-0.3, -0.25) is 0 Å². The van der Waals surface area contributed by atoms with Crippen LogP contribution in [-0.2, 0) is 0 Å². The Morgan fingerprint density at radius 3 is 2.05 bits per heavy atom. The lowest BCUT2D eigenvalue weighted by molar-refractivity contribution is 0.0716. The first-order valence-corrected chi connectivity index (χ1v) is 9.10. The van der Waals surface area contributed by atoms with E-state index >= 15 is 0 Å². The number of aliphatic hydroxyl groups is 1. The average molecular weight is 306 g/mol. The van der Waals surface area contributed by atoms with Crippen LogP contribution in [0.4, 0.5) is 0 Å². The van der Waals surface area contributed by atoms with Gasteiger partial charge in [0.25, 0.3) is 0 Å². The maximum absolute atomic E-state index is 10.4. The number of aliphatic hydroxyl groups excluding tert-OH is 1. The van der Waals surface area contributed by atoms with E-state index in [1.165, 1.54) is 51.4 Å². The van der Waals surface area contributed by atoms with Gasteiger partial charge < -0.3 is 10.0 Å². The Bertz CT molecular complexity index is 365. The van der Waals surface area contributed by atoms with Crippen molar-refractivity contribution in [2.45, 2.75) is 77.4 Å². The molecule has 0 heterocycles. The van der Waals surface area contributed by atoms with Crippen LogP contribution in [0.1, 0.15) is 76.9 Å². The number of rotatable bonds is 12. The lowest BCUT2D eigenvalue weighted by atomic mass is 10.0. The fraction of sp³-hybridized carbons (Fsp3) is 0.700. The van der Waals surface area contributed by atoms with Crippen molar-refractivity contribution in [2.75, 3.05) is 13.6 Å². The van der Waals surface area contributed by atoms with E-state index < -0.39 is 6.10 Å². The summed E-state index contributed by atoms with van der Waals surface area (Å²) in [5, 5.41) is 10.4. The predicted octanol–water partition coefficient (Wildman–Crippen LogP) is 5.18. The monoisotopic (exact) mass is 305 g/mol. The second kappa shape index (κ2) is 11.7. The predicted molar refractivity (Wildman–Crippen MR) is 96.1 cm³/mol. The van der Waals surface area contributed by atoms with Gasteiger partial charge >= 0.3 is 0 Å². The van der Waals surface area contributed by atoms with Crippen LogP contribution in [0.3, 0.4) is 0 Å². The molecular weight excluding hydrogens is 270 g/mol. The maximum atomic E-state index is 10.4. The Morgan fingerprint density at radius 1 is 0.909 bits per heavy atom. The summed E-state index contributed by atoms with van der Waals surface area (Å²) in [5.74, 6) is 0. The minimum absolute atomic E-state index is 0.159. The molecule has 2 atom stereocenters. The van der Waals surface area contributed by atoms with Crippen LogP contribution in [0.15, 0.2) is 30.3 Å². The zero-order valence-electron chi connectivity index (χ0n) is 14.8. The third kappa shape index (κ3) is 7.42. The SMILES string of the molecule is CCCCCCCCCCN(C)C(C)C(O)c1ccccc1. The van der Waals surface area contributed by atoms with E-state index in [4.69, 9.17) is 0 Å². The number of likely N-dealkylation sites (N-methyl/N-ethyl adjacent to an activating group) is 1. The smallest absolute Gasteiger partial charge is 0.0942 e. The Hall–Kier alpha value is -0.860. The van der Waals surface area contributed by atoms with Crippen LogP contribution in [0.25, 0.3) is 0 Å². The summed E-state index contributed by atoms with van der Waals surface area (Å²) in [5.41, 5.74) is 1.01. The molecule has 0 radical (unpaired) electrons. The Kier molecular flexibility index (Phi) is 10.2. The van der Waals surface area contributed by atoms with E-state index in [0.717, 1.165) is 12.1 Å². The Balaban J connectivity index is 2.15. The zero-order valence-corrected chi connectivity index (χ0v) is 14.8. The molecule has 1 aromatic rings. The molecule has 0 aliphatic rings. The second-order valence-electron chi connectivity index (χ2n) is 6.55. The maximum Gasteiger partial charge on any atom is 0.0942 e. The highest BCUT2D eigenvalue weighted by molar-refractivity contribution is 5.18. The van der Waals surface area contributed by atoms with Crippen molar-refractivity contribution in [3.05, 3.63) is 35.9 Å². The van der Waals surface area contributed by atoms with Crippen LogP contribution in [-0.4, -0.2) is 29.6 Å². The Morgan fingerprint density at radius 2 is 1.45 bits per heavy atom. The molecule has 2 unspecified atom stereocenters. The fourth-order valence-electron chi connectivity index (χ4n) is 2.87. The molecule has 0 aromatic heterocycles. The average Bonchev–Trinajstić information content (AvgIpc) is 2.56. The van der Waals surface area contributed by atoms with Crippen LogP contribution in [0.2, 0.25) is 0 Å². The second-order valence-corrected chi connectivity index (χ2v) is 6.55. The number of benzene rings is 1. The summed E-state index contributed by atoms with van der Waals surface area (Å²) >= 11 is 0. The molecule has 0 aliphatic heterocycles. The van der Waals surface area contributed by atoms with Gasteiger partial charge in [-0.2, -0.15) is 0 Å². The van der Waals surface area contributed by atoms with Crippen molar-refractivity contribution in [1.82, 2.24) is 4.90 Å². The van der Waals surface area contributed by atoms with Gasteiger partial charge in [0.15, 0.2) is 0 Å². The van der Waals surface area contributed by atoms with Crippen LogP contribution in [0, 0.1) is 0 Å². The van der Waals surface area contributed by atoms with Gasteiger partial charge in [0.1, 0.15) is 0 Å². The zero-order chi connectivity index (χ0) is 16.2. The molecule has 2 heteroatoms. The van der Waals surface area contributed by atoms with E-state index in [2.05, 4.69) is 25.8 Å². The molecule has 2 nitrogen and oxygen atoms in total. The molecule has 0 aliphatic carbocycles. The van der Waals surface area contributed by atoms with E-state index in [0.29, 0.717) is 0 Å². The van der Waals surface area contributed by atoms with Crippen molar-refractivity contribution in [3.8, 4) is 0 Å². The first-order valence-electron chi connectivity index (χ1n) is 9.10. The van der Waals surface area contributed by atoms with Gasteiger partial charge in [0, 0.05) is 6.04 Å². The molecule has 1 N–H and O–H groups in total. The van der Waals surface area contributed by atoms with Crippen molar-refractivity contribution < 1.29 is 5.11 Å². The highest BCUT2D eigenvalue weighted by Crippen LogP contribution is 2.20. The summed E-state index contributed by atoms with van der Waals surface area (Å²) < 4.78 is 0. The number of unbranched alkanes of at least 4 members (excludes halogenated alkanes) is 7. The highest BCUT2D eigenvalue weighted by atomic mass is 16.3. The van der Waals surface area contributed by atoms with Crippen LogP contribution < -0.4 is 0 Å². The quantitative estimate of drug-likeness (QED) is 0.538. The summed E-state index contributed by atoms with van der Waals surface area (Å²) in [6, 6.07) is 10.1. The summed E-state index contributed by atoms with van der Waals surface area (Å²) in [4.78, 5) is 2.29. The van der Waals surface area contributed by atoms with E-state index in [1.807, 2.05) is 30.3 Å². The molecule has 0 spiro atoms. The van der Waals surface area contributed by atoms with Crippen molar-refractivity contribution in [3.63, 3.8) is 0 Å². The van der Waals surface area contributed by atoms with Crippen molar-refractivity contribution in [2.24, 2.45) is 0 Å². The van der Waals surface area contributed by atoms with Gasteiger partial charge in [-0.25, -0.2) is 0 Å². The molecule has 126 valence electrons. The standard InChI is InChI=1S/C20H35NO/c1-4-5-6-7-8-9-10-14-17-21(3)18(2)20(22)19-15-12-11-13-16-19/h11-13,15-16,18,20,22H,4-10,14,17H2,1-3H3. The van der Waals surface area contributed by atoms with Gasteiger partial charge in [0.2, 0.25) is 0 Å². The largest absolute Gasteiger partial charge is 0.387 e. The van der Waals surface area contributed by atoms with E-state index in [1.54, 1.807) is 0 Å². The lowest BCUT2D eigenvalue weighted by Gasteiger charge is -2.29. The first-order chi connectivity index (χ1) is 10.7. The molecule has 0 bridgehead atoms. The molecule has 22 heavy (non-hydrogen) atoms. The lowest BCUT2D eigenvalue weighted by Crippen LogP contribution is -2.35. The molecule has 0 amide bonds. The topological polar surface area (TPSA) is 23.5 Å². The van der Waals surface area contributed by atoms with Crippen molar-refractivity contribution >= 4 is 0 Å². The van der Waals surface area contributed by atoms with Crippen molar-refractivity contribution in [1.29, 1.82) is 0 Å². The first kappa shape index (κ1) is 19.2. The summed E-state index contributed by atoms with van der Waals surface area (Å²) in [6.45, 7) is 5.45. The molecule has 0 saturated carbocycles. The van der Waals surface area contributed by atoms with E-state index in [-0.39, 0.29) is 6.04 Å². The van der Waals surface area contributed by atoms with Crippen LogP contribution >= 0.6 is 0 Å². The fourth-order valence-corrected chi connectivity index (χ4v) is 2.87. The normalized spacial score (nSPS) is 14.2. The van der Waals surface area contributed by atoms with Gasteiger partial charge in [-0.15, -0.1) is 0 Å². The molecule has 1 rings (SSSR count). The minimum atomic E-state index is -0.403. The van der Waals surface area contributed by atoms with Crippen LogP contribution in [0.5, 0.6) is 0 Å². The van der Waals surface area contributed by atoms with Gasteiger partial charge in [0.05, 0.1) is 6.10 Å².